The Hall–Kier alpha value is -2.04. The summed E-state index contributed by atoms with van der Waals surface area (Å²) >= 11 is 0. The summed E-state index contributed by atoms with van der Waals surface area (Å²) in [5.74, 6) is -0.469. The maximum absolute atomic E-state index is 11.7. The zero-order valence-corrected chi connectivity index (χ0v) is 10.3. The first kappa shape index (κ1) is 12.4. The van der Waals surface area contributed by atoms with Crippen molar-refractivity contribution in [1.29, 1.82) is 0 Å². The second kappa shape index (κ2) is 5.53. The fourth-order valence-corrected chi connectivity index (χ4v) is 1.92. The van der Waals surface area contributed by atoms with Gasteiger partial charge in [-0.25, -0.2) is 0 Å². The van der Waals surface area contributed by atoms with Crippen LogP contribution in [0.5, 0.6) is 0 Å². The molecule has 0 radical (unpaired) electrons. The molecule has 96 valence electrons. The molecule has 1 heterocycles. The number of hydrazine groups is 1. The highest BCUT2D eigenvalue weighted by Gasteiger charge is 2.30. The van der Waals surface area contributed by atoms with Gasteiger partial charge in [0.25, 0.3) is 0 Å². The van der Waals surface area contributed by atoms with Crippen molar-refractivity contribution in [2.45, 2.75) is 13.3 Å². The van der Waals surface area contributed by atoms with E-state index in [0.29, 0.717) is 13.0 Å². The van der Waals surface area contributed by atoms with E-state index in [9.17, 15) is 9.59 Å². The van der Waals surface area contributed by atoms with E-state index in [4.69, 9.17) is 4.74 Å². The lowest BCUT2D eigenvalue weighted by Gasteiger charge is -2.17. The van der Waals surface area contributed by atoms with Crippen LogP contribution >= 0.6 is 0 Å². The van der Waals surface area contributed by atoms with E-state index in [-0.39, 0.29) is 24.4 Å². The quantitative estimate of drug-likeness (QED) is 0.811. The number of rotatable bonds is 4. The lowest BCUT2D eigenvalue weighted by Crippen LogP contribution is -2.32. The minimum atomic E-state index is -0.312. The first-order valence-electron chi connectivity index (χ1n) is 5.93. The highest BCUT2D eigenvalue weighted by atomic mass is 16.5. The van der Waals surface area contributed by atoms with Crippen LogP contribution in [0.25, 0.3) is 0 Å². The molecule has 18 heavy (non-hydrogen) atoms. The number of anilines is 1. The van der Waals surface area contributed by atoms with E-state index < -0.39 is 0 Å². The highest BCUT2D eigenvalue weighted by molar-refractivity contribution is 5.84. The van der Waals surface area contributed by atoms with Gasteiger partial charge in [-0.15, -0.1) is 0 Å². The summed E-state index contributed by atoms with van der Waals surface area (Å²) < 4.78 is 4.86. The van der Waals surface area contributed by atoms with Crippen molar-refractivity contribution in [2.24, 2.45) is 5.92 Å². The van der Waals surface area contributed by atoms with E-state index in [1.807, 2.05) is 35.3 Å². The third-order valence-corrected chi connectivity index (χ3v) is 2.86. The number of nitrogens with zero attached hydrogens (tertiary/aromatic N) is 1. The largest absolute Gasteiger partial charge is 0.466 e. The standard InChI is InChI=1S/C13H16N2O3/c1-10(16)18-8-7-11-9-15(14-13(11)17)12-5-3-2-4-6-12/h2-6,11H,7-9H2,1H3,(H,14,17). The van der Waals surface area contributed by atoms with Crippen molar-refractivity contribution in [1.82, 2.24) is 5.43 Å². The summed E-state index contributed by atoms with van der Waals surface area (Å²) in [7, 11) is 0. The van der Waals surface area contributed by atoms with Crippen molar-refractivity contribution in [3.05, 3.63) is 30.3 Å². The zero-order chi connectivity index (χ0) is 13.0. The number of carbonyl (C=O) groups excluding carboxylic acids is 2. The van der Waals surface area contributed by atoms with Crippen LogP contribution in [0.4, 0.5) is 5.69 Å². The predicted molar refractivity (Wildman–Crippen MR) is 66.7 cm³/mol. The summed E-state index contributed by atoms with van der Waals surface area (Å²) in [4.78, 5) is 22.4. The molecular weight excluding hydrogens is 232 g/mol. The molecule has 1 aromatic rings. The minimum absolute atomic E-state index is 0.0222. The van der Waals surface area contributed by atoms with Gasteiger partial charge in [-0.1, -0.05) is 18.2 Å². The summed E-state index contributed by atoms with van der Waals surface area (Å²) in [5, 5.41) is 1.82. The normalized spacial score (nSPS) is 18.6. The van der Waals surface area contributed by atoms with Gasteiger partial charge in [-0.3, -0.25) is 20.0 Å². The molecule has 1 saturated heterocycles. The van der Waals surface area contributed by atoms with Crippen LogP contribution in [-0.4, -0.2) is 25.0 Å². The molecule has 1 aliphatic rings. The van der Waals surface area contributed by atoms with Crippen molar-refractivity contribution >= 4 is 17.6 Å². The molecule has 2 rings (SSSR count). The number of hydrogen-bond donors (Lipinski definition) is 1. The third-order valence-electron chi connectivity index (χ3n) is 2.86. The molecule has 0 bridgehead atoms. The zero-order valence-electron chi connectivity index (χ0n) is 10.3. The van der Waals surface area contributed by atoms with Gasteiger partial charge in [0.05, 0.1) is 24.8 Å². The van der Waals surface area contributed by atoms with Crippen LogP contribution in [-0.2, 0) is 14.3 Å². The van der Waals surface area contributed by atoms with Gasteiger partial charge in [-0.2, -0.15) is 0 Å². The summed E-state index contributed by atoms with van der Waals surface area (Å²) in [6.45, 7) is 2.26. The molecule has 5 heteroatoms. The van der Waals surface area contributed by atoms with Gasteiger partial charge in [0.1, 0.15) is 0 Å². The number of benzene rings is 1. The number of carbonyl (C=O) groups is 2. The van der Waals surface area contributed by atoms with Crippen molar-refractivity contribution in [3.63, 3.8) is 0 Å². The van der Waals surface area contributed by atoms with Crippen LogP contribution in [0, 0.1) is 5.92 Å². The van der Waals surface area contributed by atoms with Gasteiger partial charge >= 0.3 is 5.97 Å². The minimum Gasteiger partial charge on any atom is -0.466 e. The van der Waals surface area contributed by atoms with Gasteiger partial charge in [0.15, 0.2) is 0 Å². The van der Waals surface area contributed by atoms with E-state index in [0.717, 1.165) is 5.69 Å². The third kappa shape index (κ3) is 3.00. The Labute approximate surface area is 106 Å². The number of para-hydroxylation sites is 1. The Balaban J connectivity index is 1.89. The molecule has 0 aliphatic carbocycles. The fraction of sp³-hybridized carbons (Fsp3) is 0.385. The average molecular weight is 248 g/mol. The Bertz CT molecular complexity index is 433. The van der Waals surface area contributed by atoms with Crippen LogP contribution in [0.2, 0.25) is 0 Å². The Morgan fingerprint density at radius 2 is 2.17 bits per heavy atom. The first-order valence-corrected chi connectivity index (χ1v) is 5.93. The summed E-state index contributed by atoms with van der Waals surface area (Å²) in [6, 6.07) is 9.66. The first-order chi connectivity index (χ1) is 8.66. The molecule has 1 atom stereocenters. The number of amides is 1. The number of esters is 1. The topological polar surface area (TPSA) is 58.6 Å². The van der Waals surface area contributed by atoms with E-state index in [2.05, 4.69) is 5.43 Å². The van der Waals surface area contributed by atoms with Gasteiger partial charge in [0.2, 0.25) is 5.91 Å². The second-order valence-corrected chi connectivity index (χ2v) is 4.25. The second-order valence-electron chi connectivity index (χ2n) is 4.25. The lowest BCUT2D eigenvalue weighted by molar-refractivity contribution is -0.141. The number of ether oxygens (including phenoxy) is 1. The van der Waals surface area contributed by atoms with Crippen molar-refractivity contribution in [2.75, 3.05) is 18.2 Å². The average Bonchev–Trinajstić information content (AvgIpc) is 2.72. The molecule has 1 aromatic carbocycles. The van der Waals surface area contributed by atoms with E-state index in [1.54, 1.807) is 0 Å². The highest BCUT2D eigenvalue weighted by Crippen LogP contribution is 2.19. The molecule has 1 unspecified atom stereocenters. The monoisotopic (exact) mass is 248 g/mol. The van der Waals surface area contributed by atoms with Gasteiger partial charge in [-0.05, 0) is 18.6 Å². The molecule has 0 saturated carbocycles. The van der Waals surface area contributed by atoms with Crippen molar-refractivity contribution < 1.29 is 14.3 Å². The maximum atomic E-state index is 11.7. The number of nitrogens with one attached hydrogen (secondary N) is 1. The Morgan fingerprint density at radius 1 is 1.44 bits per heavy atom. The molecule has 1 aliphatic heterocycles. The Morgan fingerprint density at radius 3 is 2.83 bits per heavy atom. The molecule has 0 spiro atoms. The van der Waals surface area contributed by atoms with Crippen LogP contribution in [0.15, 0.2) is 30.3 Å². The predicted octanol–water partition coefficient (Wildman–Crippen LogP) is 1.11. The lowest BCUT2D eigenvalue weighted by atomic mass is 10.1. The molecule has 0 aromatic heterocycles. The van der Waals surface area contributed by atoms with E-state index in [1.165, 1.54) is 6.92 Å². The smallest absolute Gasteiger partial charge is 0.302 e. The van der Waals surface area contributed by atoms with Gasteiger partial charge in [0, 0.05) is 6.92 Å². The molecule has 1 amide bonds. The molecule has 1 N–H and O–H groups in total. The molecule has 5 nitrogen and oxygen atoms in total. The SMILES string of the molecule is CC(=O)OCCC1CN(c2ccccc2)NC1=O. The molecular formula is C13H16N2O3. The van der Waals surface area contributed by atoms with Crippen LogP contribution < -0.4 is 10.4 Å². The van der Waals surface area contributed by atoms with Crippen LogP contribution in [0.1, 0.15) is 13.3 Å². The maximum Gasteiger partial charge on any atom is 0.302 e. The van der Waals surface area contributed by atoms with Gasteiger partial charge < -0.3 is 4.74 Å². The van der Waals surface area contributed by atoms with Crippen molar-refractivity contribution in [3.8, 4) is 0 Å². The summed E-state index contributed by atoms with van der Waals surface area (Å²) in [5.41, 5.74) is 3.77. The Kier molecular flexibility index (Phi) is 3.82. The molecule has 1 fully saturated rings. The van der Waals surface area contributed by atoms with E-state index >= 15 is 0 Å². The number of hydrogen-bond acceptors (Lipinski definition) is 4. The van der Waals surface area contributed by atoms with Crippen LogP contribution in [0.3, 0.4) is 0 Å². The fourth-order valence-electron chi connectivity index (χ4n) is 1.92. The summed E-state index contributed by atoms with van der Waals surface area (Å²) in [6.07, 6.45) is 0.550.